The molecule has 8 heteroatoms. The predicted octanol–water partition coefficient (Wildman–Crippen LogP) is 1.20. The van der Waals surface area contributed by atoms with Gasteiger partial charge < -0.3 is 0 Å². The molecule has 0 unspecified atom stereocenters. The maximum Gasteiger partial charge on any atom is 0.337 e. The standard InChI is InChI=1S/C17H16N4O3S/c1-3-9-19-15(22)20(10-4-2)17(24)21(16(19)23)11-14-18-12-7-5-6-8-13(12)25-14/h3-8H,1-2,9-11H2. The number of para-hydroxylation sites is 1. The highest BCUT2D eigenvalue weighted by atomic mass is 32.1. The van der Waals surface area contributed by atoms with Crippen LogP contribution in [0.4, 0.5) is 0 Å². The van der Waals surface area contributed by atoms with Gasteiger partial charge in [-0.05, 0) is 12.1 Å². The molecule has 7 nitrogen and oxygen atoms in total. The number of allylic oxidation sites excluding steroid dienone is 2. The van der Waals surface area contributed by atoms with Gasteiger partial charge in [0.05, 0.1) is 29.9 Å². The zero-order valence-electron chi connectivity index (χ0n) is 13.4. The SMILES string of the molecule is C=CCn1c(=O)n(CC=C)c(=O)n(Cc2nc3ccccc3s2)c1=O. The zero-order valence-corrected chi connectivity index (χ0v) is 14.2. The topological polar surface area (TPSA) is 78.9 Å². The Morgan fingerprint density at radius 2 is 1.48 bits per heavy atom. The first kappa shape index (κ1) is 16.8. The lowest BCUT2D eigenvalue weighted by atomic mass is 10.3. The van der Waals surface area contributed by atoms with Gasteiger partial charge in [0, 0.05) is 0 Å². The second kappa shape index (κ2) is 6.86. The molecule has 3 aromatic rings. The Kier molecular flexibility index (Phi) is 4.62. The van der Waals surface area contributed by atoms with Crippen LogP contribution in [-0.2, 0) is 19.6 Å². The van der Waals surface area contributed by atoms with Crippen LogP contribution in [0, 0.1) is 0 Å². The molecular formula is C17H16N4O3S. The van der Waals surface area contributed by atoms with Crippen molar-refractivity contribution in [2.45, 2.75) is 19.6 Å². The lowest BCUT2D eigenvalue weighted by Gasteiger charge is -2.11. The van der Waals surface area contributed by atoms with Crippen molar-refractivity contribution in [1.82, 2.24) is 18.7 Å². The second-order valence-corrected chi connectivity index (χ2v) is 6.42. The van der Waals surface area contributed by atoms with E-state index < -0.39 is 17.1 Å². The van der Waals surface area contributed by atoms with Crippen LogP contribution >= 0.6 is 11.3 Å². The summed E-state index contributed by atoms with van der Waals surface area (Å²) in [7, 11) is 0. The first-order valence-corrected chi connectivity index (χ1v) is 8.39. The molecule has 128 valence electrons. The number of hydrogen-bond donors (Lipinski definition) is 0. The zero-order chi connectivity index (χ0) is 18.0. The molecule has 0 aliphatic carbocycles. The van der Waals surface area contributed by atoms with E-state index in [1.807, 2.05) is 24.3 Å². The Morgan fingerprint density at radius 1 is 0.920 bits per heavy atom. The summed E-state index contributed by atoms with van der Waals surface area (Å²) in [6.07, 6.45) is 2.88. The third kappa shape index (κ3) is 3.03. The molecule has 0 saturated heterocycles. The van der Waals surface area contributed by atoms with Crippen molar-refractivity contribution in [3.8, 4) is 0 Å². The van der Waals surface area contributed by atoms with E-state index >= 15 is 0 Å². The van der Waals surface area contributed by atoms with E-state index in [0.29, 0.717) is 5.01 Å². The number of nitrogens with zero attached hydrogens (tertiary/aromatic N) is 4. The largest absolute Gasteiger partial charge is 0.337 e. The fraction of sp³-hybridized carbons (Fsp3) is 0.176. The molecule has 0 spiro atoms. The molecule has 2 heterocycles. The predicted molar refractivity (Wildman–Crippen MR) is 98.3 cm³/mol. The highest BCUT2D eigenvalue weighted by molar-refractivity contribution is 7.18. The Morgan fingerprint density at radius 3 is 2.04 bits per heavy atom. The van der Waals surface area contributed by atoms with Crippen molar-refractivity contribution in [1.29, 1.82) is 0 Å². The molecule has 0 fully saturated rings. The number of thiazole rings is 1. The molecule has 0 bridgehead atoms. The Hall–Kier alpha value is -3.00. The first-order valence-electron chi connectivity index (χ1n) is 7.57. The van der Waals surface area contributed by atoms with E-state index in [1.54, 1.807) is 0 Å². The average Bonchev–Trinajstić information content (AvgIpc) is 3.02. The van der Waals surface area contributed by atoms with Crippen molar-refractivity contribution < 1.29 is 0 Å². The van der Waals surface area contributed by atoms with Crippen molar-refractivity contribution in [3.63, 3.8) is 0 Å². The van der Waals surface area contributed by atoms with Gasteiger partial charge in [-0.1, -0.05) is 24.3 Å². The summed E-state index contributed by atoms with van der Waals surface area (Å²) in [5.74, 6) is 0. The van der Waals surface area contributed by atoms with Crippen LogP contribution in [-0.4, -0.2) is 18.7 Å². The van der Waals surface area contributed by atoms with E-state index in [0.717, 1.165) is 23.9 Å². The molecule has 0 N–H and O–H groups in total. The fourth-order valence-corrected chi connectivity index (χ4v) is 3.47. The normalized spacial score (nSPS) is 10.9. The van der Waals surface area contributed by atoms with Crippen LogP contribution in [0.15, 0.2) is 64.0 Å². The quantitative estimate of drug-likeness (QED) is 0.622. The molecule has 3 rings (SSSR count). The van der Waals surface area contributed by atoms with Gasteiger partial charge >= 0.3 is 17.1 Å². The third-order valence-corrected chi connectivity index (χ3v) is 4.66. The van der Waals surface area contributed by atoms with Crippen molar-refractivity contribution >= 4 is 21.6 Å². The van der Waals surface area contributed by atoms with Crippen LogP contribution in [0.3, 0.4) is 0 Å². The molecule has 0 amide bonds. The molecule has 0 saturated carbocycles. The van der Waals surface area contributed by atoms with Gasteiger partial charge in [0.15, 0.2) is 0 Å². The molecule has 0 radical (unpaired) electrons. The van der Waals surface area contributed by atoms with Gasteiger partial charge in [0.2, 0.25) is 0 Å². The fourth-order valence-electron chi connectivity index (χ4n) is 2.51. The van der Waals surface area contributed by atoms with E-state index in [2.05, 4.69) is 18.1 Å². The van der Waals surface area contributed by atoms with Gasteiger partial charge in [0.1, 0.15) is 5.01 Å². The molecule has 0 aliphatic rings. The van der Waals surface area contributed by atoms with E-state index in [4.69, 9.17) is 0 Å². The number of fused-ring (bicyclic) bond motifs is 1. The minimum atomic E-state index is -0.672. The van der Waals surface area contributed by atoms with Crippen molar-refractivity contribution in [2.75, 3.05) is 0 Å². The number of hydrogen-bond acceptors (Lipinski definition) is 5. The Balaban J connectivity index is 2.18. The summed E-state index contributed by atoms with van der Waals surface area (Å²) in [5.41, 5.74) is -1.21. The van der Waals surface area contributed by atoms with Crippen LogP contribution in [0.5, 0.6) is 0 Å². The lowest BCUT2D eigenvalue weighted by Crippen LogP contribution is -2.54. The van der Waals surface area contributed by atoms with E-state index in [9.17, 15) is 14.4 Å². The number of rotatable bonds is 6. The second-order valence-electron chi connectivity index (χ2n) is 5.31. The number of aromatic nitrogens is 4. The molecule has 2 aromatic heterocycles. The first-order chi connectivity index (χ1) is 12.1. The maximum atomic E-state index is 12.6. The minimum Gasteiger partial charge on any atom is -0.247 e. The molecule has 25 heavy (non-hydrogen) atoms. The van der Waals surface area contributed by atoms with Crippen LogP contribution in [0.2, 0.25) is 0 Å². The minimum absolute atomic E-state index is 0.00553. The molecule has 0 atom stereocenters. The number of benzene rings is 1. The van der Waals surface area contributed by atoms with Crippen molar-refractivity contribution in [3.05, 3.63) is 86.0 Å². The third-order valence-electron chi connectivity index (χ3n) is 3.64. The van der Waals surface area contributed by atoms with Gasteiger partial charge in [0.25, 0.3) is 0 Å². The van der Waals surface area contributed by atoms with Crippen molar-refractivity contribution in [2.24, 2.45) is 0 Å². The lowest BCUT2D eigenvalue weighted by molar-refractivity contribution is 0.498. The van der Waals surface area contributed by atoms with Gasteiger partial charge in [-0.2, -0.15) is 0 Å². The monoisotopic (exact) mass is 356 g/mol. The van der Waals surface area contributed by atoms with Crippen LogP contribution < -0.4 is 17.1 Å². The summed E-state index contributed by atoms with van der Waals surface area (Å²) in [4.78, 5) is 42.0. The van der Waals surface area contributed by atoms with E-state index in [1.165, 1.54) is 23.5 Å². The van der Waals surface area contributed by atoms with Crippen LogP contribution in [0.1, 0.15) is 5.01 Å². The van der Waals surface area contributed by atoms with Gasteiger partial charge in [-0.25, -0.2) is 33.1 Å². The highest BCUT2D eigenvalue weighted by Gasteiger charge is 2.15. The molecular weight excluding hydrogens is 340 g/mol. The summed E-state index contributed by atoms with van der Waals surface area (Å²) in [6, 6.07) is 7.57. The summed E-state index contributed by atoms with van der Waals surface area (Å²) >= 11 is 1.41. The molecule has 0 aliphatic heterocycles. The highest BCUT2D eigenvalue weighted by Crippen LogP contribution is 2.21. The smallest absolute Gasteiger partial charge is 0.247 e. The maximum absolute atomic E-state index is 12.6. The Bertz CT molecular complexity index is 1050. The molecule has 1 aromatic carbocycles. The van der Waals surface area contributed by atoms with Gasteiger partial charge in [-0.15, -0.1) is 24.5 Å². The van der Waals surface area contributed by atoms with Gasteiger partial charge in [-0.3, -0.25) is 0 Å². The average molecular weight is 356 g/mol. The van der Waals surface area contributed by atoms with E-state index in [-0.39, 0.29) is 19.6 Å². The summed E-state index contributed by atoms with van der Waals surface area (Å²) in [6.45, 7) is 7.16. The van der Waals surface area contributed by atoms with Crippen LogP contribution in [0.25, 0.3) is 10.2 Å². The summed E-state index contributed by atoms with van der Waals surface area (Å²) < 4.78 is 3.94. The Labute approximate surface area is 146 Å². The summed E-state index contributed by atoms with van der Waals surface area (Å²) in [5, 5.41) is 0.620.